The third kappa shape index (κ3) is 3.32. The van der Waals surface area contributed by atoms with Gasteiger partial charge < -0.3 is 10.2 Å². The van der Waals surface area contributed by atoms with Gasteiger partial charge >= 0.3 is 0 Å². The molecule has 1 aromatic carbocycles. The van der Waals surface area contributed by atoms with Crippen molar-refractivity contribution in [3.8, 4) is 0 Å². The van der Waals surface area contributed by atoms with Crippen LogP contribution in [0.25, 0.3) is 0 Å². The van der Waals surface area contributed by atoms with Gasteiger partial charge in [-0.15, -0.1) is 0 Å². The zero-order chi connectivity index (χ0) is 16.3. The number of hydrogen-bond donors (Lipinski definition) is 1. The highest BCUT2D eigenvalue weighted by Crippen LogP contribution is 2.21. The van der Waals surface area contributed by atoms with Crippen LogP contribution in [-0.2, 0) is 9.59 Å². The predicted molar refractivity (Wildman–Crippen MR) is 80.1 cm³/mol. The molecule has 0 bridgehead atoms. The quantitative estimate of drug-likeness (QED) is 0.849. The van der Waals surface area contributed by atoms with Crippen molar-refractivity contribution in [2.75, 3.05) is 11.9 Å². The number of nitrogens with zero attached hydrogens (tertiary/aromatic N) is 1. The van der Waals surface area contributed by atoms with E-state index >= 15 is 0 Å². The van der Waals surface area contributed by atoms with Crippen LogP contribution in [0.2, 0.25) is 0 Å². The van der Waals surface area contributed by atoms with E-state index in [-0.39, 0.29) is 22.9 Å². The van der Waals surface area contributed by atoms with E-state index in [0.717, 1.165) is 12.5 Å². The summed E-state index contributed by atoms with van der Waals surface area (Å²) in [7, 11) is 0. The lowest BCUT2D eigenvalue weighted by atomic mass is 10.1. The van der Waals surface area contributed by atoms with E-state index in [9.17, 15) is 18.8 Å². The second kappa shape index (κ2) is 6.68. The first-order chi connectivity index (χ1) is 10.4. The number of carbonyl (C=O) groups excluding carboxylic acids is 3. The van der Waals surface area contributed by atoms with E-state index in [0.29, 0.717) is 19.4 Å². The van der Waals surface area contributed by atoms with E-state index in [2.05, 4.69) is 5.32 Å². The summed E-state index contributed by atoms with van der Waals surface area (Å²) in [6.45, 7) is 3.71. The number of nitrogens with one attached hydrogen (secondary N) is 1. The summed E-state index contributed by atoms with van der Waals surface area (Å²) in [6.07, 6.45) is 1.64. The van der Waals surface area contributed by atoms with Crippen LogP contribution in [-0.4, -0.2) is 35.1 Å². The van der Waals surface area contributed by atoms with Crippen molar-refractivity contribution in [3.63, 3.8) is 0 Å². The Bertz CT molecular complexity index is 615. The standard InChI is InChI=1S/C16H19FN2O3/c1-3-14(19-8-4-5-15(19)21)16(22)18-13-9-11(17)6-7-12(13)10(2)20/h6-7,9,14H,3-5,8H2,1-2H3,(H,18,22)/t14-/m0/s1. The summed E-state index contributed by atoms with van der Waals surface area (Å²) in [4.78, 5) is 37.3. The first-order valence-corrected chi connectivity index (χ1v) is 7.35. The van der Waals surface area contributed by atoms with Crippen molar-refractivity contribution < 1.29 is 18.8 Å². The van der Waals surface area contributed by atoms with Gasteiger partial charge in [0.15, 0.2) is 5.78 Å². The number of likely N-dealkylation sites (tertiary alicyclic amines) is 1. The molecule has 0 aliphatic carbocycles. The number of Topliss-reactive ketones (excluding diaryl/α,β-unsaturated/α-hetero) is 1. The van der Waals surface area contributed by atoms with Crippen molar-refractivity contribution in [1.82, 2.24) is 4.90 Å². The lowest BCUT2D eigenvalue weighted by molar-refractivity contribution is -0.135. The van der Waals surface area contributed by atoms with Crippen molar-refractivity contribution >= 4 is 23.3 Å². The van der Waals surface area contributed by atoms with Gasteiger partial charge in [0.05, 0.1) is 5.69 Å². The Balaban J connectivity index is 2.22. The summed E-state index contributed by atoms with van der Waals surface area (Å²) in [5.41, 5.74) is 0.389. The monoisotopic (exact) mass is 306 g/mol. The topological polar surface area (TPSA) is 66.5 Å². The summed E-state index contributed by atoms with van der Waals surface area (Å²) < 4.78 is 13.4. The Hall–Kier alpha value is -2.24. The number of benzene rings is 1. The number of carbonyl (C=O) groups is 3. The molecule has 6 heteroatoms. The van der Waals surface area contributed by atoms with Crippen LogP contribution < -0.4 is 5.32 Å². The van der Waals surface area contributed by atoms with Crippen LogP contribution >= 0.6 is 0 Å². The van der Waals surface area contributed by atoms with Crippen LogP contribution in [0.1, 0.15) is 43.5 Å². The number of rotatable bonds is 5. The minimum absolute atomic E-state index is 0.0481. The maximum Gasteiger partial charge on any atom is 0.247 e. The highest BCUT2D eigenvalue weighted by molar-refractivity contribution is 6.05. The predicted octanol–water partition coefficient (Wildman–Crippen LogP) is 2.37. The second-order valence-electron chi connectivity index (χ2n) is 5.35. The van der Waals surface area contributed by atoms with Crippen molar-refractivity contribution in [2.24, 2.45) is 0 Å². The van der Waals surface area contributed by atoms with Gasteiger partial charge in [0.1, 0.15) is 11.9 Å². The molecule has 1 aliphatic rings. The molecule has 0 unspecified atom stereocenters. The van der Waals surface area contributed by atoms with Gasteiger partial charge in [0, 0.05) is 18.5 Å². The Labute approximate surface area is 128 Å². The molecular weight excluding hydrogens is 287 g/mol. The van der Waals surface area contributed by atoms with Crippen molar-refractivity contribution in [1.29, 1.82) is 0 Å². The fraction of sp³-hybridized carbons (Fsp3) is 0.438. The number of ketones is 1. The fourth-order valence-electron chi connectivity index (χ4n) is 2.69. The van der Waals surface area contributed by atoms with Gasteiger partial charge in [-0.3, -0.25) is 14.4 Å². The number of anilines is 1. The average Bonchev–Trinajstić information content (AvgIpc) is 2.85. The van der Waals surface area contributed by atoms with E-state index in [1.165, 1.54) is 19.1 Å². The zero-order valence-electron chi connectivity index (χ0n) is 12.7. The summed E-state index contributed by atoms with van der Waals surface area (Å²) in [5, 5.41) is 2.59. The van der Waals surface area contributed by atoms with E-state index in [1.54, 1.807) is 4.90 Å². The van der Waals surface area contributed by atoms with Crippen LogP contribution in [0.5, 0.6) is 0 Å². The maximum atomic E-state index is 13.4. The van der Waals surface area contributed by atoms with Gasteiger partial charge in [-0.05, 0) is 38.0 Å². The molecule has 0 saturated carbocycles. The number of amides is 2. The van der Waals surface area contributed by atoms with Crippen LogP contribution in [0.4, 0.5) is 10.1 Å². The van der Waals surface area contributed by atoms with Crippen LogP contribution in [0.3, 0.4) is 0 Å². The van der Waals surface area contributed by atoms with Gasteiger partial charge in [-0.1, -0.05) is 6.92 Å². The Morgan fingerprint density at radius 3 is 2.68 bits per heavy atom. The summed E-state index contributed by atoms with van der Waals surface area (Å²) in [6, 6.07) is 3.04. The fourth-order valence-corrected chi connectivity index (χ4v) is 2.69. The normalized spacial score (nSPS) is 15.8. The molecule has 0 radical (unpaired) electrons. The van der Waals surface area contributed by atoms with Gasteiger partial charge in [0.2, 0.25) is 11.8 Å². The lowest BCUT2D eigenvalue weighted by Crippen LogP contribution is -2.44. The first kappa shape index (κ1) is 16.1. The molecule has 22 heavy (non-hydrogen) atoms. The number of halogens is 1. The third-order valence-corrected chi connectivity index (χ3v) is 3.79. The Kier molecular flexibility index (Phi) is 4.90. The molecule has 1 saturated heterocycles. The minimum Gasteiger partial charge on any atom is -0.331 e. The van der Waals surface area contributed by atoms with Crippen LogP contribution in [0, 0.1) is 5.82 Å². The van der Waals surface area contributed by atoms with E-state index < -0.39 is 17.8 Å². The highest BCUT2D eigenvalue weighted by atomic mass is 19.1. The molecule has 1 heterocycles. The third-order valence-electron chi connectivity index (χ3n) is 3.79. The van der Waals surface area contributed by atoms with Gasteiger partial charge in [-0.25, -0.2) is 4.39 Å². The molecular formula is C16H19FN2O3. The second-order valence-corrected chi connectivity index (χ2v) is 5.35. The summed E-state index contributed by atoms with van der Waals surface area (Å²) >= 11 is 0. The molecule has 1 N–H and O–H groups in total. The highest BCUT2D eigenvalue weighted by Gasteiger charge is 2.31. The maximum absolute atomic E-state index is 13.4. The molecule has 5 nitrogen and oxygen atoms in total. The van der Waals surface area contributed by atoms with E-state index in [4.69, 9.17) is 0 Å². The zero-order valence-corrected chi connectivity index (χ0v) is 12.7. The Morgan fingerprint density at radius 2 is 2.14 bits per heavy atom. The van der Waals surface area contributed by atoms with Crippen molar-refractivity contribution in [3.05, 3.63) is 29.6 Å². The summed E-state index contributed by atoms with van der Waals surface area (Å²) in [5.74, 6) is -1.25. The van der Waals surface area contributed by atoms with Gasteiger partial charge in [0.25, 0.3) is 0 Å². The van der Waals surface area contributed by atoms with Crippen molar-refractivity contribution in [2.45, 2.75) is 39.2 Å². The molecule has 1 atom stereocenters. The molecule has 1 aliphatic heterocycles. The molecule has 118 valence electrons. The number of hydrogen-bond acceptors (Lipinski definition) is 3. The molecule has 0 aromatic heterocycles. The smallest absolute Gasteiger partial charge is 0.247 e. The van der Waals surface area contributed by atoms with E-state index in [1.807, 2.05) is 6.92 Å². The SMILES string of the molecule is CC[C@@H](C(=O)Nc1cc(F)ccc1C(C)=O)N1CCCC1=O. The first-order valence-electron chi connectivity index (χ1n) is 7.35. The molecule has 1 aromatic rings. The lowest BCUT2D eigenvalue weighted by Gasteiger charge is -2.26. The molecule has 2 amide bonds. The molecule has 0 spiro atoms. The Morgan fingerprint density at radius 1 is 1.41 bits per heavy atom. The minimum atomic E-state index is -0.599. The molecule has 1 fully saturated rings. The van der Waals surface area contributed by atoms with Gasteiger partial charge in [-0.2, -0.15) is 0 Å². The average molecular weight is 306 g/mol. The van der Waals surface area contributed by atoms with Crippen LogP contribution in [0.15, 0.2) is 18.2 Å². The largest absolute Gasteiger partial charge is 0.331 e. The molecule has 2 rings (SSSR count).